The van der Waals surface area contributed by atoms with Gasteiger partial charge in [-0.25, -0.2) is 0 Å². The Morgan fingerprint density at radius 3 is 2.06 bits per heavy atom. The van der Waals surface area contributed by atoms with Crippen molar-refractivity contribution in [3.63, 3.8) is 0 Å². The molecule has 1 aromatic carbocycles. The molecule has 1 unspecified atom stereocenters. The van der Waals surface area contributed by atoms with E-state index in [2.05, 4.69) is 15.9 Å². The van der Waals surface area contributed by atoms with Gasteiger partial charge in [0.1, 0.15) is 0 Å². The van der Waals surface area contributed by atoms with Crippen molar-refractivity contribution >= 4 is 15.9 Å². The van der Waals surface area contributed by atoms with E-state index >= 15 is 0 Å². The van der Waals surface area contributed by atoms with Crippen molar-refractivity contribution in [1.82, 2.24) is 0 Å². The Morgan fingerprint density at radius 1 is 1.19 bits per heavy atom. The Hall–Kier alpha value is -0.590. The Bertz CT molecular complexity index is 352. The second-order valence-corrected chi connectivity index (χ2v) is 4.45. The van der Waals surface area contributed by atoms with Gasteiger partial charge >= 0.3 is 6.18 Å². The van der Waals surface area contributed by atoms with Gasteiger partial charge in [0.2, 0.25) is 0 Å². The lowest BCUT2D eigenvalue weighted by Crippen LogP contribution is -2.52. The summed E-state index contributed by atoms with van der Waals surface area (Å²) in [6.07, 6.45) is -5.27. The average Bonchev–Trinajstić information content (AvgIpc) is 2.19. The van der Waals surface area contributed by atoms with Crippen LogP contribution in [0, 0.1) is 0 Å². The summed E-state index contributed by atoms with van der Waals surface area (Å²) in [6, 6.07) is 6.25. The van der Waals surface area contributed by atoms with Gasteiger partial charge < -0.3 is 10.8 Å². The van der Waals surface area contributed by atoms with Crippen molar-refractivity contribution in [2.24, 2.45) is 5.73 Å². The predicted molar refractivity (Wildman–Crippen MR) is 57.9 cm³/mol. The van der Waals surface area contributed by atoms with Crippen molar-refractivity contribution in [1.29, 1.82) is 0 Å². The zero-order chi connectivity index (χ0) is 12.4. The first-order chi connectivity index (χ1) is 7.28. The number of hydrogen-bond acceptors (Lipinski definition) is 2. The Balaban J connectivity index is 2.89. The Kier molecular flexibility index (Phi) is 3.98. The molecule has 0 saturated heterocycles. The van der Waals surface area contributed by atoms with E-state index in [-0.39, 0.29) is 0 Å². The largest absolute Gasteiger partial charge is 0.418 e. The highest BCUT2D eigenvalue weighted by atomic mass is 79.9. The topological polar surface area (TPSA) is 46.2 Å². The van der Waals surface area contributed by atoms with Crippen molar-refractivity contribution in [2.75, 3.05) is 6.54 Å². The maximum atomic E-state index is 12.5. The molecule has 2 nitrogen and oxygen atoms in total. The van der Waals surface area contributed by atoms with Crippen molar-refractivity contribution < 1.29 is 18.3 Å². The maximum absolute atomic E-state index is 12.5. The summed E-state index contributed by atoms with van der Waals surface area (Å²) in [5.41, 5.74) is 2.51. The van der Waals surface area contributed by atoms with Crippen LogP contribution in [-0.2, 0) is 6.42 Å². The maximum Gasteiger partial charge on any atom is 0.418 e. The molecule has 0 spiro atoms. The number of rotatable bonds is 3. The molecule has 0 bridgehead atoms. The van der Waals surface area contributed by atoms with Gasteiger partial charge in [0.25, 0.3) is 0 Å². The smallest absolute Gasteiger partial charge is 0.379 e. The fraction of sp³-hybridized carbons (Fsp3) is 0.400. The third kappa shape index (κ3) is 2.96. The molecular weight excluding hydrogens is 287 g/mol. The average molecular weight is 298 g/mol. The summed E-state index contributed by atoms with van der Waals surface area (Å²) in [5, 5.41) is 9.42. The summed E-state index contributed by atoms with van der Waals surface area (Å²) in [5.74, 6) is 0. The van der Waals surface area contributed by atoms with Gasteiger partial charge in [-0.1, -0.05) is 28.1 Å². The molecule has 3 N–H and O–H groups in total. The van der Waals surface area contributed by atoms with Gasteiger partial charge in [-0.2, -0.15) is 13.2 Å². The zero-order valence-electron chi connectivity index (χ0n) is 8.26. The van der Waals surface area contributed by atoms with Gasteiger partial charge in [0.05, 0.1) is 0 Å². The normalized spacial score (nSPS) is 15.9. The zero-order valence-corrected chi connectivity index (χ0v) is 9.85. The first kappa shape index (κ1) is 13.5. The van der Waals surface area contributed by atoms with E-state index in [1.54, 1.807) is 12.1 Å². The molecule has 0 heterocycles. The summed E-state index contributed by atoms with van der Waals surface area (Å²) in [6.45, 7) is -0.855. The van der Waals surface area contributed by atoms with Crippen LogP contribution < -0.4 is 5.73 Å². The van der Waals surface area contributed by atoms with Crippen LogP contribution in [0.4, 0.5) is 13.2 Å². The van der Waals surface area contributed by atoms with Crippen LogP contribution in [-0.4, -0.2) is 23.4 Å². The van der Waals surface area contributed by atoms with E-state index < -0.39 is 24.7 Å². The number of benzene rings is 1. The highest BCUT2D eigenvalue weighted by Gasteiger charge is 2.52. The Labute approximate surface area is 99.4 Å². The van der Waals surface area contributed by atoms with E-state index in [0.29, 0.717) is 5.56 Å². The molecule has 0 fully saturated rings. The van der Waals surface area contributed by atoms with Crippen molar-refractivity contribution in [3.8, 4) is 0 Å². The SMILES string of the molecule is NCC(O)(Cc1ccc(Br)cc1)C(F)(F)F. The van der Waals surface area contributed by atoms with Crippen LogP contribution in [0.3, 0.4) is 0 Å². The fourth-order valence-corrected chi connectivity index (χ4v) is 1.49. The van der Waals surface area contributed by atoms with Gasteiger partial charge in [0.15, 0.2) is 5.60 Å². The summed E-state index contributed by atoms with van der Waals surface area (Å²) >= 11 is 3.17. The van der Waals surface area contributed by atoms with Gasteiger partial charge in [-0.3, -0.25) is 0 Å². The first-order valence-electron chi connectivity index (χ1n) is 4.52. The highest BCUT2D eigenvalue weighted by molar-refractivity contribution is 9.10. The minimum atomic E-state index is -4.73. The molecule has 0 radical (unpaired) electrons. The standard InChI is InChI=1S/C10H11BrF3NO/c11-8-3-1-7(2-4-8)5-9(16,6-15)10(12,13)14/h1-4,16H,5-6,15H2. The molecule has 6 heteroatoms. The van der Waals surface area contributed by atoms with E-state index in [9.17, 15) is 18.3 Å². The molecule has 0 aromatic heterocycles. The highest BCUT2D eigenvalue weighted by Crippen LogP contribution is 2.32. The molecule has 90 valence electrons. The van der Waals surface area contributed by atoms with Crippen LogP contribution in [0.15, 0.2) is 28.7 Å². The van der Waals surface area contributed by atoms with E-state index in [1.807, 2.05) is 0 Å². The monoisotopic (exact) mass is 297 g/mol. The molecule has 0 amide bonds. The van der Waals surface area contributed by atoms with Crippen molar-refractivity contribution in [3.05, 3.63) is 34.3 Å². The van der Waals surface area contributed by atoms with Crippen molar-refractivity contribution in [2.45, 2.75) is 18.2 Å². The lowest BCUT2D eigenvalue weighted by Gasteiger charge is -2.29. The molecule has 16 heavy (non-hydrogen) atoms. The number of halogens is 4. The van der Waals surface area contributed by atoms with Gasteiger partial charge in [0, 0.05) is 17.4 Å². The fourth-order valence-electron chi connectivity index (χ4n) is 1.23. The third-order valence-corrected chi connectivity index (χ3v) is 2.80. The van der Waals surface area contributed by atoms with Crippen LogP contribution in [0.25, 0.3) is 0 Å². The molecule has 1 atom stereocenters. The number of aliphatic hydroxyl groups is 1. The third-order valence-electron chi connectivity index (χ3n) is 2.28. The quantitative estimate of drug-likeness (QED) is 0.899. The molecular formula is C10H11BrF3NO. The lowest BCUT2D eigenvalue weighted by atomic mass is 9.94. The van der Waals surface area contributed by atoms with E-state index in [4.69, 9.17) is 5.73 Å². The molecule has 1 rings (SSSR count). The van der Waals surface area contributed by atoms with Gasteiger partial charge in [-0.05, 0) is 17.7 Å². The second-order valence-electron chi connectivity index (χ2n) is 3.54. The minimum absolute atomic E-state index is 0.383. The Morgan fingerprint density at radius 2 is 1.69 bits per heavy atom. The van der Waals surface area contributed by atoms with Crippen LogP contribution >= 0.6 is 15.9 Å². The van der Waals surface area contributed by atoms with Crippen LogP contribution in [0.2, 0.25) is 0 Å². The van der Waals surface area contributed by atoms with Gasteiger partial charge in [-0.15, -0.1) is 0 Å². The number of nitrogens with two attached hydrogens (primary N) is 1. The minimum Gasteiger partial charge on any atom is -0.379 e. The summed E-state index contributed by atoms with van der Waals surface area (Å²) in [4.78, 5) is 0. The molecule has 0 saturated carbocycles. The molecule has 0 aliphatic heterocycles. The molecule has 1 aromatic rings. The van der Waals surface area contributed by atoms with E-state index in [1.165, 1.54) is 12.1 Å². The van der Waals surface area contributed by atoms with E-state index in [0.717, 1.165) is 4.47 Å². The molecule has 0 aliphatic rings. The number of alkyl halides is 3. The lowest BCUT2D eigenvalue weighted by molar-refractivity contribution is -0.255. The van der Waals surface area contributed by atoms with Crippen LogP contribution in [0.5, 0.6) is 0 Å². The second kappa shape index (κ2) is 4.73. The molecule has 0 aliphatic carbocycles. The summed E-state index contributed by atoms with van der Waals surface area (Å²) < 4.78 is 38.4. The van der Waals surface area contributed by atoms with Crippen LogP contribution in [0.1, 0.15) is 5.56 Å². The first-order valence-corrected chi connectivity index (χ1v) is 5.31. The predicted octanol–water partition coefficient (Wildman–Crippen LogP) is 2.24. The summed E-state index contributed by atoms with van der Waals surface area (Å²) in [7, 11) is 0. The number of hydrogen-bond donors (Lipinski definition) is 2.